The number of hydrogen-bond donors (Lipinski definition) is 2. The number of carbonyl (C=O) groups excluding carboxylic acids is 1. The van der Waals surface area contributed by atoms with Crippen LogP contribution in [0.15, 0.2) is 127 Å². The molecule has 1 aliphatic rings. The fourth-order valence-electron chi connectivity index (χ4n) is 5.77. The summed E-state index contributed by atoms with van der Waals surface area (Å²) >= 11 is 0. The zero-order valence-corrected chi connectivity index (χ0v) is 25.2. The molecule has 5 nitrogen and oxygen atoms in total. The number of nitrogens with one attached hydrogen (secondary N) is 1. The molecule has 1 aliphatic carbocycles. The largest absolute Gasteiger partial charge is 0.507 e. The van der Waals surface area contributed by atoms with E-state index in [2.05, 4.69) is 90.8 Å². The molecule has 0 spiro atoms. The standard InChI is InChI=1S/C39H36N2O3/c1-4-44-39(41(34-16-12-27(2)13-17-34)35-18-14-28(3)15-19-35)22-20-29(21-23-39)30-10-7-11-33(24-30)40-38(43)36-25-31-8-5-6-9-32(31)26-37(36)42/h5-22,24-26,42H,4,23H2,1-3H3,(H,40,43). The zero-order chi connectivity index (χ0) is 30.7. The van der Waals surface area contributed by atoms with Gasteiger partial charge in [-0.05, 0) is 97.3 Å². The summed E-state index contributed by atoms with van der Waals surface area (Å²) in [6, 6.07) is 35.8. The van der Waals surface area contributed by atoms with E-state index in [0.717, 1.165) is 33.3 Å². The van der Waals surface area contributed by atoms with Crippen LogP contribution >= 0.6 is 0 Å². The number of amides is 1. The van der Waals surface area contributed by atoms with Crippen molar-refractivity contribution in [1.82, 2.24) is 0 Å². The summed E-state index contributed by atoms with van der Waals surface area (Å²) in [4.78, 5) is 15.5. The maximum absolute atomic E-state index is 13.2. The Morgan fingerprint density at radius 1 is 0.841 bits per heavy atom. The fraction of sp³-hybridized carbons (Fsp3) is 0.154. The first-order valence-corrected chi connectivity index (χ1v) is 15.0. The van der Waals surface area contributed by atoms with Gasteiger partial charge in [0.25, 0.3) is 5.91 Å². The van der Waals surface area contributed by atoms with E-state index in [9.17, 15) is 9.90 Å². The Labute approximate surface area is 258 Å². The van der Waals surface area contributed by atoms with Gasteiger partial charge in [0.05, 0.1) is 5.56 Å². The third kappa shape index (κ3) is 5.87. The van der Waals surface area contributed by atoms with Gasteiger partial charge < -0.3 is 20.1 Å². The van der Waals surface area contributed by atoms with Crippen molar-refractivity contribution in [1.29, 1.82) is 0 Å². The summed E-state index contributed by atoms with van der Waals surface area (Å²) in [6.45, 7) is 6.76. The van der Waals surface area contributed by atoms with E-state index in [0.29, 0.717) is 18.7 Å². The summed E-state index contributed by atoms with van der Waals surface area (Å²) in [5.74, 6) is -0.407. The van der Waals surface area contributed by atoms with E-state index in [-0.39, 0.29) is 17.2 Å². The minimum absolute atomic E-state index is 0.0470. The van der Waals surface area contributed by atoms with Crippen LogP contribution in [0, 0.1) is 13.8 Å². The molecule has 0 aromatic heterocycles. The first-order chi connectivity index (χ1) is 21.3. The summed E-state index contributed by atoms with van der Waals surface area (Å²) in [7, 11) is 0. The SMILES string of the molecule is CCOC1(N(c2ccc(C)cc2)c2ccc(C)cc2)C=CC(c2cccc(NC(=O)c3cc4ccccc4cc3O)c2)=CC1. The molecule has 0 saturated heterocycles. The van der Waals surface area contributed by atoms with E-state index < -0.39 is 5.72 Å². The van der Waals surface area contributed by atoms with Crippen LogP contribution in [0.2, 0.25) is 0 Å². The Balaban J connectivity index is 1.28. The van der Waals surface area contributed by atoms with Crippen molar-refractivity contribution in [2.45, 2.75) is 32.9 Å². The van der Waals surface area contributed by atoms with E-state index in [1.807, 2.05) is 55.5 Å². The first kappa shape index (κ1) is 29.0. The van der Waals surface area contributed by atoms with Crippen molar-refractivity contribution in [2.24, 2.45) is 0 Å². The highest BCUT2D eigenvalue weighted by Crippen LogP contribution is 2.41. The Morgan fingerprint density at radius 3 is 2.07 bits per heavy atom. The van der Waals surface area contributed by atoms with Crippen LogP contribution in [-0.2, 0) is 4.74 Å². The predicted molar refractivity (Wildman–Crippen MR) is 181 cm³/mol. The first-order valence-electron chi connectivity index (χ1n) is 15.0. The van der Waals surface area contributed by atoms with Gasteiger partial charge in [0.2, 0.25) is 0 Å². The average Bonchev–Trinajstić information content (AvgIpc) is 3.03. The minimum Gasteiger partial charge on any atom is -0.507 e. The minimum atomic E-state index is -0.720. The van der Waals surface area contributed by atoms with Gasteiger partial charge in [-0.15, -0.1) is 0 Å². The lowest BCUT2D eigenvalue weighted by Crippen LogP contribution is -2.47. The van der Waals surface area contributed by atoms with Crippen LogP contribution in [0.5, 0.6) is 5.75 Å². The molecule has 1 unspecified atom stereocenters. The molecular weight excluding hydrogens is 544 g/mol. The molecule has 220 valence electrons. The molecule has 0 radical (unpaired) electrons. The number of hydrogen-bond acceptors (Lipinski definition) is 4. The molecule has 0 saturated carbocycles. The molecule has 0 aliphatic heterocycles. The van der Waals surface area contributed by atoms with E-state index >= 15 is 0 Å². The van der Waals surface area contributed by atoms with E-state index in [1.54, 1.807) is 12.1 Å². The summed E-state index contributed by atoms with van der Waals surface area (Å²) in [5, 5.41) is 15.3. The highest BCUT2D eigenvalue weighted by atomic mass is 16.5. The molecule has 0 heterocycles. The van der Waals surface area contributed by atoms with Crippen molar-refractivity contribution in [2.75, 3.05) is 16.8 Å². The lowest BCUT2D eigenvalue weighted by atomic mass is 9.92. The number of anilines is 3. The molecule has 6 rings (SSSR count). The molecule has 1 amide bonds. The Hall–Kier alpha value is -5.13. The Bertz CT molecular complexity index is 1830. The molecule has 44 heavy (non-hydrogen) atoms. The number of fused-ring (bicyclic) bond motifs is 1. The van der Waals surface area contributed by atoms with Gasteiger partial charge in [0, 0.05) is 30.1 Å². The number of nitrogens with zero attached hydrogens (tertiary/aromatic N) is 1. The molecule has 5 heteroatoms. The number of benzene rings is 5. The molecule has 1 atom stereocenters. The van der Waals surface area contributed by atoms with Gasteiger partial charge in [-0.3, -0.25) is 4.79 Å². The van der Waals surface area contributed by atoms with Gasteiger partial charge in [-0.25, -0.2) is 0 Å². The fourth-order valence-corrected chi connectivity index (χ4v) is 5.77. The van der Waals surface area contributed by atoms with Gasteiger partial charge in [-0.1, -0.05) is 83.9 Å². The van der Waals surface area contributed by atoms with Gasteiger partial charge in [0.15, 0.2) is 5.72 Å². The van der Waals surface area contributed by atoms with E-state index in [1.165, 1.54) is 11.1 Å². The van der Waals surface area contributed by atoms with Crippen molar-refractivity contribution < 1.29 is 14.6 Å². The number of carbonyl (C=O) groups is 1. The topological polar surface area (TPSA) is 61.8 Å². The highest BCUT2D eigenvalue weighted by Gasteiger charge is 2.37. The quantitative estimate of drug-likeness (QED) is 0.180. The Kier molecular flexibility index (Phi) is 8.05. The van der Waals surface area contributed by atoms with Crippen LogP contribution in [0.3, 0.4) is 0 Å². The number of aromatic hydroxyl groups is 1. The highest BCUT2D eigenvalue weighted by molar-refractivity contribution is 6.08. The number of ether oxygens (including phenoxy) is 1. The second-order valence-corrected chi connectivity index (χ2v) is 11.2. The van der Waals surface area contributed by atoms with Gasteiger partial charge >= 0.3 is 0 Å². The molecular formula is C39H36N2O3. The predicted octanol–water partition coefficient (Wildman–Crippen LogP) is 9.33. The second kappa shape index (κ2) is 12.2. The third-order valence-electron chi connectivity index (χ3n) is 8.06. The van der Waals surface area contributed by atoms with Crippen LogP contribution in [0.1, 0.15) is 40.4 Å². The zero-order valence-electron chi connectivity index (χ0n) is 25.2. The van der Waals surface area contributed by atoms with Crippen molar-refractivity contribution >= 4 is 39.3 Å². The molecule has 0 fully saturated rings. The molecule has 0 bridgehead atoms. The average molecular weight is 581 g/mol. The van der Waals surface area contributed by atoms with Crippen molar-refractivity contribution in [3.63, 3.8) is 0 Å². The van der Waals surface area contributed by atoms with Crippen molar-refractivity contribution in [3.8, 4) is 5.75 Å². The van der Waals surface area contributed by atoms with Gasteiger partial charge in [-0.2, -0.15) is 0 Å². The Morgan fingerprint density at radius 2 is 1.48 bits per heavy atom. The molecule has 5 aromatic carbocycles. The third-order valence-corrected chi connectivity index (χ3v) is 8.06. The van der Waals surface area contributed by atoms with Crippen LogP contribution in [-0.4, -0.2) is 23.3 Å². The van der Waals surface area contributed by atoms with Gasteiger partial charge in [0.1, 0.15) is 5.75 Å². The summed E-state index contributed by atoms with van der Waals surface area (Å²) < 4.78 is 6.57. The maximum Gasteiger partial charge on any atom is 0.259 e. The van der Waals surface area contributed by atoms with Crippen LogP contribution in [0.25, 0.3) is 16.3 Å². The second-order valence-electron chi connectivity index (χ2n) is 11.2. The lowest BCUT2D eigenvalue weighted by Gasteiger charge is -2.44. The lowest BCUT2D eigenvalue weighted by molar-refractivity contribution is 0.00606. The number of aryl methyl sites for hydroxylation is 2. The number of allylic oxidation sites excluding steroid dienone is 2. The van der Waals surface area contributed by atoms with Crippen LogP contribution in [0.4, 0.5) is 17.1 Å². The summed E-state index contributed by atoms with van der Waals surface area (Å²) in [5.41, 5.74) is 6.69. The molecule has 5 aromatic rings. The normalized spacial score (nSPS) is 16.0. The number of phenolic OH excluding ortho intramolecular Hbond substituents is 1. The van der Waals surface area contributed by atoms with E-state index in [4.69, 9.17) is 4.74 Å². The number of phenols is 1. The summed E-state index contributed by atoms with van der Waals surface area (Å²) in [6.07, 6.45) is 7.06. The maximum atomic E-state index is 13.2. The smallest absolute Gasteiger partial charge is 0.259 e. The molecule has 2 N–H and O–H groups in total. The van der Waals surface area contributed by atoms with Crippen molar-refractivity contribution in [3.05, 3.63) is 150 Å². The van der Waals surface area contributed by atoms with Crippen LogP contribution < -0.4 is 10.2 Å². The monoisotopic (exact) mass is 580 g/mol. The number of rotatable bonds is 8.